The van der Waals surface area contributed by atoms with Crippen molar-refractivity contribution in [3.63, 3.8) is 0 Å². The summed E-state index contributed by atoms with van der Waals surface area (Å²) < 4.78 is 27.8. The molecule has 142 valence electrons. The molecule has 1 aromatic carbocycles. The Labute approximate surface area is 154 Å². The van der Waals surface area contributed by atoms with Gasteiger partial charge in [-0.25, -0.2) is 8.42 Å². The summed E-state index contributed by atoms with van der Waals surface area (Å²) >= 11 is 1.13. The van der Waals surface area contributed by atoms with Gasteiger partial charge in [0.2, 0.25) is 0 Å². The van der Waals surface area contributed by atoms with Gasteiger partial charge in [-0.05, 0) is 18.6 Å². The fourth-order valence-corrected chi connectivity index (χ4v) is 4.85. The molecule has 26 heavy (non-hydrogen) atoms. The average Bonchev–Trinajstić information content (AvgIpc) is 2.97. The van der Waals surface area contributed by atoms with Crippen molar-refractivity contribution in [2.75, 3.05) is 30.9 Å². The van der Waals surface area contributed by atoms with Gasteiger partial charge < -0.3 is 9.64 Å². The van der Waals surface area contributed by atoms with Crippen LogP contribution in [0.2, 0.25) is 0 Å². The number of amides is 1. The van der Waals surface area contributed by atoms with Gasteiger partial charge in [0.25, 0.3) is 11.6 Å². The molecule has 1 aliphatic rings. The molecule has 11 heteroatoms. The van der Waals surface area contributed by atoms with E-state index in [0.29, 0.717) is 11.3 Å². The van der Waals surface area contributed by atoms with Gasteiger partial charge in [-0.3, -0.25) is 19.7 Å². The highest BCUT2D eigenvalue weighted by Crippen LogP contribution is 2.21. The zero-order valence-corrected chi connectivity index (χ0v) is 15.6. The highest BCUT2D eigenvalue weighted by Gasteiger charge is 2.32. The number of thioether (sulfide) groups is 1. The topological polar surface area (TPSA) is 124 Å². The van der Waals surface area contributed by atoms with Crippen LogP contribution in [0.4, 0.5) is 5.69 Å². The van der Waals surface area contributed by atoms with Crippen LogP contribution in [0.5, 0.6) is 0 Å². The number of hydrogen-bond donors (Lipinski definition) is 0. The van der Waals surface area contributed by atoms with E-state index in [4.69, 9.17) is 4.74 Å². The van der Waals surface area contributed by atoms with Gasteiger partial charge in [0, 0.05) is 30.1 Å². The first-order valence-electron chi connectivity index (χ1n) is 7.67. The zero-order valence-electron chi connectivity index (χ0n) is 14.0. The molecule has 0 N–H and O–H groups in total. The molecule has 1 fully saturated rings. The molecule has 0 aromatic heterocycles. The van der Waals surface area contributed by atoms with E-state index < -0.39 is 33.2 Å². The summed E-state index contributed by atoms with van der Waals surface area (Å²) in [6.07, 6.45) is 0.383. The number of sulfone groups is 1. The predicted molar refractivity (Wildman–Crippen MR) is 94.6 cm³/mol. The van der Waals surface area contributed by atoms with Crippen LogP contribution in [0.25, 0.3) is 0 Å². The molecule has 0 unspecified atom stereocenters. The van der Waals surface area contributed by atoms with Gasteiger partial charge in [-0.2, -0.15) is 0 Å². The summed E-state index contributed by atoms with van der Waals surface area (Å²) in [5.41, 5.74) is -0.0421. The molecule has 0 bridgehead atoms. The minimum Gasteiger partial charge on any atom is -0.455 e. The van der Waals surface area contributed by atoms with Crippen molar-refractivity contribution in [1.29, 1.82) is 0 Å². The summed E-state index contributed by atoms with van der Waals surface area (Å²) in [6, 6.07) is 5.33. The maximum absolute atomic E-state index is 12.0. The van der Waals surface area contributed by atoms with Gasteiger partial charge in [-0.15, -0.1) is 11.8 Å². The van der Waals surface area contributed by atoms with E-state index in [9.17, 15) is 28.1 Å². The molecule has 0 saturated carbocycles. The quantitative estimate of drug-likeness (QED) is 0.285. The fourth-order valence-electron chi connectivity index (χ4n) is 2.38. The first-order chi connectivity index (χ1) is 12.2. The number of carbonyl (C=O) groups is 2. The second-order valence-corrected chi connectivity index (χ2v) is 9.04. The standard InChI is InChI=1S/C15H18N2O7S2/c1-16(12-6-7-26(22,23)10-12)14(18)8-24-15(19)9-25-13-4-2-11(3-5-13)17(20)21/h2-5,12H,6-10H2,1H3/t12-/m1/s1. The van der Waals surface area contributed by atoms with E-state index in [1.807, 2.05) is 0 Å². The number of likely N-dealkylation sites (N-methyl/N-ethyl adjacent to an activating group) is 1. The number of nitro groups is 1. The van der Waals surface area contributed by atoms with E-state index >= 15 is 0 Å². The Balaban J connectivity index is 1.74. The summed E-state index contributed by atoms with van der Waals surface area (Å²) in [7, 11) is -1.61. The molecular formula is C15H18N2O7S2. The molecular weight excluding hydrogens is 384 g/mol. The maximum Gasteiger partial charge on any atom is 0.316 e. The lowest BCUT2D eigenvalue weighted by atomic mass is 10.2. The van der Waals surface area contributed by atoms with Crippen LogP contribution in [-0.4, -0.2) is 67.1 Å². The van der Waals surface area contributed by atoms with Crippen LogP contribution in [0, 0.1) is 10.1 Å². The van der Waals surface area contributed by atoms with Crippen LogP contribution in [-0.2, 0) is 24.2 Å². The number of rotatable bonds is 7. The van der Waals surface area contributed by atoms with E-state index in [0.717, 1.165) is 11.8 Å². The van der Waals surface area contributed by atoms with Crippen molar-refractivity contribution in [2.24, 2.45) is 0 Å². The molecule has 9 nitrogen and oxygen atoms in total. The molecule has 0 radical (unpaired) electrons. The summed E-state index contributed by atoms with van der Waals surface area (Å²) in [4.78, 5) is 35.8. The number of benzene rings is 1. The summed E-state index contributed by atoms with van der Waals surface area (Å²) in [5.74, 6) is -1.12. The predicted octanol–water partition coefficient (Wildman–Crippen LogP) is 0.876. The lowest BCUT2D eigenvalue weighted by Crippen LogP contribution is -2.40. The Morgan fingerprint density at radius 2 is 2.00 bits per heavy atom. The SMILES string of the molecule is CN(C(=O)COC(=O)CSc1ccc([N+](=O)[O-])cc1)[C@@H]1CCS(=O)(=O)C1. The minimum atomic E-state index is -3.10. The Kier molecular flexibility index (Phi) is 6.59. The summed E-state index contributed by atoms with van der Waals surface area (Å²) in [6.45, 7) is -0.452. The third kappa shape index (κ3) is 5.70. The molecule has 1 amide bonds. The van der Waals surface area contributed by atoms with Crippen LogP contribution in [0.1, 0.15) is 6.42 Å². The Morgan fingerprint density at radius 3 is 2.54 bits per heavy atom. The second-order valence-electron chi connectivity index (χ2n) is 5.76. The van der Waals surface area contributed by atoms with Crippen LogP contribution in [0.15, 0.2) is 29.2 Å². The maximum atomic E-state index is 12.0. The lowest BCUT2D eigenvalue weighted by molar-refractivity contribution is -0.384. The van der Waals surface area contributed by atoms with Crippen molar-refractivity contribution < 1.29 is 27.7 Å². The molecule has 1 heterocycles. The highest BCUT2D eigenvalue weighted by molar-refractivity contribution is 8.00. The number of nitrogens with zero attached hydrogens (tertiary/aromatic N) is 2. The van der Waals surface area contributed by atoms with Gasteiger partial charge in [0.1, 0.15) is 0 Å². The monoisotopic (exact) mass is 402 g/mol. The Morgan fingerprint density at radius 1 is 1.35 bits per heavy atom. The van der Waals surface area contributed by atoms with Gasteiger partial charge in [-0.1, -0.05) is 0 Å². The summed E-state index contributed by atoms with van der Waals surface area (Å²) in [5, 5.41) is 10.6. The van der Waals surface area contributed by atoms with Crippen molar-refractivity contribution >= 4 is 39.2 Å². The molecule has 1 saturated heterocycles. The van der Waals surface area contributed by atoms with Gasteiger partial charge >= 0.3 is 5.97 Å². The van der Waals surface area contributed by atoms with Crippen molar-refractivity contribution in [2.45, 2.75) is 17.4 Å². The number of esters is 1. The fraction of sp³-hybridized carbons (Fsp3) is 0.467. The smallest absolute Gasteiger partial charge is 0.316 e. The second kappa shape index (κ2) is 8.49. The van der Waals surface area contributed by atoms with Gasteiger partial charge in [0.05, 0.1) is 22.2 Å². The number of ether oxygens (including phenoxy) is 1. The Hall–Kier alpha value is -2.14. The van der Waals surface area contributed by atoms with Gasteiger partial charge in [0.15, 0.2) is 16.4 Å². The minimum absolute atomic E-state index is 0.0421. The van der Waals surface area contributed by atoms with Crippen molar-refractivity contribution in [1.82, 2.24) is 4.90 Å². The number of hydrogen-bond acceptors (Lipinski definition) is 8. The lowest BCUT2D eigenvalue weighted by Gasteiger charge is -2.23. The average molecular weight is 402 g/mol. The van der Waals surface area contributed by atoms with E-state index in [2.05, 4.69) is 0 Å². The third-order valence-corrected chi connectivity index (χ3v) is 6.65. The first-order valence-corrected chi connectivity index (χ1v) is 10.5. The molecule has 1 atom stereocenters. The highest BCUT2D eigenvalue weighted by atomic mass is 32.2. The normalized spacial score (nSPS) is 18.3. The molecule has 0 aliphatic carbocycles. The van der Waals surface area contributed by atoms with E-state index in [-0.39, 0.29) is 29.0 Å². The number of nitro benzene ring substituents is 1. The van der Waals surface area contributed by atoms with Crippen molar-refractivity contribution in [3.8, 4) is 0 Å². The largest absolute Gasteiger partial charge is 0.455 e. The number of carbonyl (C=O) groups excluding carboxylic acids is 2. The molecule has 1 aromatic rings. The number of non-ortho nitro benzene ring substituents is 1. The first kappa shape index (κ1) is 20.2. The molecule has 1 aliphatic heterocycles. The zero-order chi connectivity index (χ0) is 19.3. The van der Waals surface area contributed by atoms with Crippen molar-refractivity contribution in [3.05, 3.63) is 34.4 Å². The Bertz CT molecular complexity index is 793. The van der Waals surface area contributed by atoms with E-state index in [1.54, 1.807) is 0 Å². The van der Waals surface area contributed by atoms with Crippen LogP contribution >= 0.6 is 11.8 Å². The third-order valence-electron chi connectivity index (χ3n) is 3.91. The molecule has 2 rings (SSSR count). The van der Waals surface area contributed by atoms with Crippen LogP contribution < -0.4 is 0 Å². The van der Waals surface area contributed by atoms with E-state index in [1.165, 1.54) is 36.2 Å². The molecule has 0 spiro atoms. The van der Waals surface area contributed by atoms with Crippen LogP contribution in [0.3, 0.4) is 0 Å².